The first-order valence-corrected chi connectivity index (χ1v) is 8.04. The molecule has 4 rings (SSSR count). The summed E-state index contributed by atoms with van der Waals surface area (Å²) in [6, 6.07) is 10.2. The van der Waals surface area contributed by atoms with Crippen LogP contribution in [-0.4, -0.2) is 0 Å². The van der Waals surface area contributed by atoms with E-state index in [0.717, 1.165) is 32.8 Å². The van der Waals surface area contributed by atoms with Gasteiger partial charge in [-0.05, 0) is 52.2 Å². The molecule has 104 valence electrons. The summed E-state index contributed by atoms with van der Waals surface area (Å²) in [6.07, 6.45) is 9.70. The van der Waals surface area contributed by atoms with E-state index in [1.807, 2.05) is 12.1 Å². The predicted molar refractivity (Wildman–Crippen MR) is 92.1 cm³/mol. The number of halogens is 2. The largest absolute Gasteiger partial charge is 0.455 e. The van der Waals surface area contributed by atoms with Crippen LogP contribution in [0.4, 0.5) is 0 Å². The summed E-state index contributed by atoms with van der Waals surface area (Å²) in [5.74, 6) is 0.437. The molecule has 0 aliphatic heterocycles. The molecule has 3 heteroatoms. The third kappa shape index (κ3) is 2.23. The SMILES string of the molecule is Clc1cc(Br)c2oc3ccc(C4C=CC=CC4)cc3c2c1. The lowest BCUT2D eigenvalue weighted by Crippen LogP contribution is -1.95. The third-order valence-corrected chi connectivity index (χ3v) is 4.73. The molecule has 0 amide bonds. The van der Waals surface area contributed by atoms with Gasteiger partial charge in [0.15, 0.2) is 0 Å². The highest BCUT2D eigenvalue weighted by molar-refractivity contribution is 9.10. The van der Waals surface area contributed by atoms with Gasteiger partial charge in [0.1, 0.15) is 11.2 Å². The van der Waals surface area contributed by atoms with Crippen molar-refractivity contribution in [3.8, 4) is 0 Å². The minimum Gasteiger partial charge on any atom is -0.455 e. The Morgan fingerprint density at radius 3 is 2.81 bits per heavy atom. The molecule has 0 bridgehead atoms. The molecular formula is C18H12BrClO. The van der Waals surface area contributed by atoms with E-state index in [4.69, 9.17) is 16.0 Å². The monoisotopic (exact) mass is 358 g/mol. The standard InChI is InChI=1S/C18H12BrClO/c19-16-10-13(20)9-15-14-8-12(11-4-2-1-3-5-11)6-7-17(14)21-18(15)16/h1-4,6-11H,5H2. The van der Waals surface area contributed by atoms with Gasteiger partial charge < -0.3 is 4.42 Å². The Morgan fingerprint density at radius 1 is 1.10 bits per heavy atom. The van der Waals surface area contributed by atoms with Gasteiger partial charge in [0.05, 0.1) is 4.47 Å². The minimum absolute atomic E-state index is 0.437. The van der Waals surface area contributed by atoms with Gasteiger partial charge in [-0.15, -0.1) is 0 Å². The number of benzene rings is 2. The van der Waals surface area contributed by atoms with Crippen LogP contribution in [0, 0.1) is 0 Å². The molecule has 0 saturated heterocycles. The molecule has 3 aromatic rings. The lowest BCUT2D eigenvalue weighted by molar-refractivity contribution is 0.666. The van der Waals surface area contributed by atoms with Gasteiger partial charge in [-0.2, -0.15) is 0 Å². The molecule has 1 nitrogen and oxygen atoms in total. The second-order valence-corrected chi connectivity index (χ2v) is 6.57. The van der Waals surface area contributed by atoms with E-state index in [9.17, 15) is 0 Å². The lowest BCUT2D eigenvalue weighted by atomic mass is 9.91. The second-order valence-electron chi connectivity index (χ2n) is 5.28. The van der Waals surface area contributed by atoms with E-state index in [-0.39, 0.29) is 0 Å². The fraction of sp³-hybridized carbons (Fsp3) is 0.111. The average Bonchev–Trinajstić information content (AvgIpc) is 2.86. The number of fused-ring (bicyclic) bond motifs is 3. The molecule has 1 aromatic heterocycles. The van der Waals surface area contributed by atoms with Crippen LogP contribution < -0.4 is 0 Å². The average molecular weight is 360 g/mol. The van der Waals surface area contributed by atoms with E-state index in [2.05, 4.69) is 58.4 Å². The topological polar surface area (TPSA) is 13.1 Å². The van der Waals surface area contributed by atoms with Crippen molar-refractivity contribution in [1.82, 2.24) is 0 Å². The van der Waals surface area contributed by atoms with Crippen LogP contribution in [-0.2, 0) is 0 Å². The van der Waals surface area contributed by atoms with Crippen molar-refractivity contribution in [2.75, 3.05) is 0 Å². The molecule has 21 heavy (non-hydrogen) atoms. The smallest absolute Gasteiger partial charge is 0.149 e. The summed E-state index contributed by atoms with van der Waals surface area (Å²) in [5, 5.41) is 2.89. The predicted octanol–water partition coefficient (Wildman–Crippen LogP) is 6.60. The van der Waals surface area contributed by atoms with Crippen LogP contribution in [0.3, 0.4) is 0 Å². The maximum atomic E-state index is 6.18. The number of furan rings is 1. The zero-order valence-electron chi connectivity index (χ0n) is 11.1. The van der Waals surface area contributed by atoms with Gasteiger partial charge in [-0.1, -0.05) is 42.0 Å². The number of allylic oxidation sites excluding steroid dienone is 4. The summed E-state index contributed by atoms with van der Waals surface area (Å²) in [4.78, 5) is 0. The first kappa shape index (κ1) is 13.2. The fourth-order valence-electron chi connectivity index (χ4n) is 2.88. The van der Waals surface area contributed by atoms with Crippen LogP contribution in [0.15, 0.2) is 63.5 Å². The van der Waals surface area contributed by atoms with Gasteiger partial charge in [0, 0.05) is 21.7 Å². The molecule has 1 unspecified atom stereocenters. The lowest BCUT2D eigenvalue weighted by Gasteiger charge is -2.13. The van der Waals surface area contributed by atoms with E-state index in [1.165, 1.54) is 5.56 Å². The van der Waals surface area contributed by atoms with Gasteiger partial charge in [0.25, 0.3) is 0 Å². The Kier molecular flexibility index (Phi) is 3.16. The van der Waals surface area contributed by atoms with E-state index in [1.54, 1.807) is 0 Å². The zero-order chi connectivity index (χ0) is 14.4. The van der Waals surface area contributed by atoms with Crippen molar-refractivity contribution in [2.24, 2.45) is 0 Å². The molecule has 0 radical (unpaired) electrons. The van der Waals surface area contributed by atoms with E-state index in [0.29, 0.717) is 10.9 Å². The molecule has 1 aliphatic rings. The maximum absolute atomic E-state index is 6.18. The highest BCUT2D eigenvalue weighted by Gasteiger charge is 2.14. The summed E-state index contributed by atoms with van der Waals surface area (Å²) < 4.78 is 6.83. The summed E-state index contributed by atoms with van der Waals surface area (Å²) in [5.41, 5.74) is 3.06. The summed E-state index contributed by atoms with van der Waals surface area (Å²) in [6.45, 7) is 0. The van der Waals surface area contributed by atoms with Gasteiger partial charge >= 0.3 is 0 Å². The number of rotatable bonds is 1. The van der Waals surface area contributed by atoms with Crippen LogP contribution >= 0.6 is 27.5 Å². The van der Waals surface area contributed by atoms with Crippen molar-refractivity contribution in [2.45, 2.75) is 12.3 Å². The van der Waals surface area contributed by atoms with E-state index < -0.39 is 0 Å². The minimum atomic E-state index is 0.437. The third-order valence-electron chi connectivity index (χ3n) is 3.92. The van der Waals surface area contributed by atoms with Gasteiger partial charge in [-0.25, -0.2) is 0 Å². The van der Waals surface area contributed by atoms with Crippen molar-refractivity contribution >= 4 is 49.5 Å². The first-order valence-electron chi connectivity index (χ1n) is 6.87. The molecule has 1 aliphatic carbocycles. The Bertz CT molecular complexity index is 904. The molecule has 1 heterocycles. The Hall–Kier alpha value is -1.51. The number of hydrogen-bond donors (Lipinski definition) is 0. The molecule has 0 fully saturated rings. The Morgan fingerprint density at radius 2 is 2.00 bits per heavy atom. The van der Waals surface area contributed by atoms with Crippen LogP contribution in [0.2, 0.25) is 5.02 Å². The van der Waals surface area contributed by atoms with Gasteiger partial charge in [-0.3, -0.25) is 0 Å². The van der Waals surface area contributed by atoms with E-state index >= 15 is 0 Å². The molecular weight excluding hydrogens is 348 g/mol. The normalized spacial score (nSPS) is 17.9. The Balaban J connectivity index is 1.95. The highest BCUT2D eigenvalue weighted by atomic mass is 79.9. The van der Waals surface area contributed by atoms with Gasteiger partial charge in [0.2, 0.25) is 0 Å². The maximum Gasteiger partial charge on any atom is 0.149 e. The van der Waals surface area contributed by atoms with Crippen molar-refractivity contribution < 1.29 is 4.42 Å². The van der Waals surface area contributed by atoms with Crippen LogP contribution in [0.25, 0.3) is 21.9 Å². The van der Waals surface area contributed by atoms with Crippen molar-refractivity contribution in [3.05, 3.63) is 69.7 Å². The summed E-state index contributed by atoms with van der Waals surface area (Å²) >= 11 is 9.70. The first-order chi connectivity index (χ1) is 10.2. The second kappa shape index (κ2) is 5.04. The quantitative estimate of drug-likeness (QED) is 0.477. The number of hydrogen-bond acceptors (Lipinski definition) is 1. The highest BCUT2D eigenvalue weighted by Crippen LogP contribution is 2.37. The molecule has 1 atom stereocenters. The van der Waals surface area contributed by atoms with Crippen molar-refractivity contribution in [3.63, 3.8) is 0 Å². The zero-order valence-corrected chi connectivity index (χ0v) is 13.5. The summed E-state index contributed by atoms with van der Waals surface area (Å²) in [7, 11) is 0. The molecule has 0 spiro atoms. The van der Waals surface area contributed by atoms with Crippen LogP contribution in [0.1, 0.15) is 17.9 Å². The van der Waals surface area contributed by atoms with Crippen LogP contribution in [0.5, 0.6) is 0 Å². The molecule has 0 saturated carbocycles. The molecule has 0 N–H and O–H groups in total. The fourth-order valence-corrected chi connectivity index (χ4v) is 3.77. The molecule has 2 aromatic carbocycles. The van der Waals surface area contributed by atoms with Crippen molar-refractivity contribution in [1.29, 1.82) is 0 Å². The Labute approximate surface area is 136 Å².